The van der Waals surface area contributed by atoms with Gasteiger partial charge in [0.05, 0.1) is 10.6 Å². The number of pyridine rings is 1. The van der Waals surface area contributed by atoms with E-state index in [-0.39, 0.29) is 0 Å². The topological polar surface area (TPSA) is 47.0 Å². The van der Waals surface area contributed by atoms with Crippen LogP contribution in [0.1, 0.15) is 5.69 Å². The number of hydrogen-bond acceptors (Lipinski definition) is 4. The molecule has 0 spiro atoms. The van der Waals surface area contributed by atoms with Gasteiger partial charge in [-0.05, 0) is 59.3 Å². The van der Waals surface area contributed by atoms with Crippen molar-refractivity contribution in [1.82, 2.24) is 4.98 Å². The largest absolute Gasteiger partial charge is 0.245 e. The molecule has 1 heterocycles. The maximum atomic E-state index is 11.4. The summed E-state index contributed by atoms with van der Waals surface area (Å²) in [6, 6.07) is 10.7. The average molecular weight is 358 g/mol. The predicted molar refractivity (Wildman–Crippen MR) is 80.3 cm³/mol. The van der Waals surface area contributed by atoms with Crippen LogP contribution in [0, 0.1) is 6.92 Å². The summed E-state index contributed by atoms with van der Waals surface area (Å²) in [6.45, 7) is 1.93. The maximum absolute atomic E-state index is 11.4. The van der Waals surface area contributed by atoms with Gasteiger partial charge in [0.25, 0.3) is 0 Å². The third kappa shape index (κ3) is 3.81. The van der Waals surface area contributed by atoms with Crippen LogP contribution in [-0.2, 0) is 9.84 Å². The summed E-state index contributed by atoms with van der Waals surface area (Å²) >= 11 is 4.91. The van der Waals surface area contributed by atoms with E-state index in [1.54, 1.807) is 24.3 Å². The van der Waals surface area contributed by atoms with Crippen LogP contribution in [0.25, 0.3) is 0 Å². The van der Waals surface area contributed by atoms with Gasteiger partial charge in [-0.25, -0.2) is 13.4 Å². The molecule has 0 saturated heterocycles. The zero-order chi connectivity index (χ0) is 14.0. The Balaban J connectivity index is 2.22. The van der Waals surface area contributed by atoms with Crippen molar-refractivity contribution in [3.8, 4) is 0 Å². The standard InChI is InChI=1S/C13H12BrNO2S2/c1-9-12(14)7-8-13(15-9)18-10-3-5-11(6-4-10)19(2,16)17/h3-8H,1-2H3. The first-order chi connectivity index (χ1) is 8.86. The molecule has 1 aromatic heterocycles. The first kappa shape index (κ1) is 14.6. The van der Waals surface area contributed by atoms with Crippen molar-refractivity contribution in [2.24, 2.45) is 0 Å². The minimum Gasteiger partial charge on any atom is -0.245 e. The average Bonchev–Trinajstić information content (AvgIpc) is 2.33. The maximum Gasteiger partial charge on any atom is 0.175 e. The summed E-state index contributed by atoms with van der Waals surface area (Å²) in [5.74, 6) is 0. The van der Waals surface area contributed by atoms with Gasteiger partial charge in [0.2, 0.25) is 0 Å². The molecule has 3 nitrogen and oxygen atoms in total. The second-order valence-corrected chi connectivity index (χ2v) is 8.03. The third-order valence-electron chi connectivity index (χ3n) is 2.47. The first-order valence-corrected chi connectivity index (χ1v) is 8.97. The van der Waals surface area contributed by atoms with Crippen molar-refractivity contribution < 1.29 is 8.42 Å². The third-order valence-corrected chi connectivity index (χ3v) is 5.38. The van der Waals surface area contributed by atoms with Crippen molar-refractivity contribution in [1.29, 1.82) is 0 Å². The Morgan fingerprint density at radius 3 is 2.26 bits per heavy atom. The van der Waals surface area contributed by atoms with Gasteiger partial charge >= 0.3 is 0 Å². The highest BCUT2D eigenvalue weighted by molar-refractivity contribution is 9.10. The Labute approximate surface area is 125 Å². The summed E-state index contributed by atoms with van der Waals surface area (Å²) in [6.07, 6.45) is 1.20. The molecule has 19 heavy (non-hydrogen) atoms. The van der Waals surface area contributed by atoms with Gasteiger partial charge in [-0.3, -0.25) is 0 Å². The highest BCUT2D eigenvalue weighted by atomic mass is 79.9. The monoisotopic (exact) mass is 357 g/mol. The minimum atomic E-state index is -3.14. The molecule has 0 amide bonds. The zero-order valence-electron chi connectivity index (χ0n) is 10.4. The summed E-state index contributed by atoms with van der Waals surface area (Å²) in [5.41, 5.74) is 0.928. The Morgan fingerprint density at radius 2 is 1.74 bits per heavy atom. The Kier molecular flexibility index (Phi) is 4.32. The van der Waals surface area contributed by atoms with E-state index in [2.05, 4.69) is 20.9 Å². The molecule has 0 bridgehead atoms. The van der Waals surface area contributed by atoms with Crippen molar-refractivity contribution >= 4 is 37.5 Å². The second kappa shape index (κ2) is 5.64. The van der Waals surface area contributed by atoms with E-state index in [9.17, 15) is 8.42 Å². The van der Waals surface area contributed by atoms with E-state index in [4.69, 9.17) is 0 Å². The molecule has 0 N–H and O–H groups in total. The number of sulfone groups is 1. The highest BCUT2D eigenvalue weighted by Crippen LogP contribution is 2.28. The van der Waals surface area contributed by atoms with Crippen molar-refractivity contribution in [3.05, 3.63) is 46.6 Å². The molecule has 0 unspecified atom stereocenters. The normalized spacial score (nSPS) is 11.5. The van der Waals surface area contributed by atoms with Crippen LogP contribution in [-0.4, -0.2) is 19.7 Å². The molecule has 0 aliphatic carbocycles. The molecule has 1 aromatic carbocycles. The summed E-state index contributed by atoms with van der Waals surface area (Å²) in [4.78, 5) is 5.73. The number of halogens is 1. The van der Waals surface area contributed by atoms with E-state index in [0.717, 1.165) is 20.1 Å². The lowest BCUT2D eigenvalue weighted by Gasteiger charge is -2.04. The number of aryl methyl sites for hydroxylation is 1. The molecular weight excluding hydrogens is 346 g/mol. The Morgan fingerprint density at radius 1 is 1.11 bits per heavy atom. The van der Waals surface area contributed by atoms with Gasteiger partial charge < -0.3 is 0 Å². The molecule has 0 aliphatic heterocycles. The number of nitrogens with zero attached hydrogens (tertiary/aromatic N) is 1. The van der Waals surface area contributed by atoms with Gasteiger partial charge in [0, 0.05) is 15.6 Å². The van der Waals surface area contributed by atoms with E-state index < -0.39 is 9.84 Å². The number of aromatic nitrogens is 1. The number of benzene rings is 1. The van der Waals surface area contributed by atoms with E-state index in [0.29, 0.717) is 4.90 Å². The van der Waals surface area contributed by atoms with Gasteiger partial charge in [-0.15, -0.1) is 0 Å². The SMILES string of the molecule is Cc1nc(Sc2ccc(S(C)(=O)=O)cc2)ccc1Br. The molecule has 6 heteroatoms. The Bertz CT molecular complexity index is 697. The zero-order valence-corrected chi connectivity index (χ0v) is 13.6. The Hall–Kier alpha value is -0.850. The quantitative estimate of drug-likeness (QED) is 0.839. The number of hydrogen-bond donors (Lipinski definition) is 0. The molecule has 100 valence electrons. The fourth-order valence-corrected chi connectivity index (χ4v) is 3.14. The van der Waals surface area contributed by atoms with Gasteiger partial charge in [0.15, 0.2) is 9.84 Å². The van der Waals surface area contributed by atoms with Crippen LogP contribution in [0.3, 0.4) is 0 Å². The van der Waals surface area contributed by atoms with Crippen molar-refractivity contribution in [2.75, 3.05) is 6.26 Å². The lowest BCUT2D eigenvalue weighted by molar-refractivity contribution is 0.602. The van der Waals surface area contributed by atoms with Gasteiger partial charge in [0.1, 0.15) is 5.03 Å². The second-order valence-electron chi connectivity index (χ2n) is 4.06. The molecule has 0 aliphatic rings. The fourth-order valence-electron chi connectivity index (χ4n) is 1.45. The van der Waals surface area contributed by atoms with Crippen LogP contribution >= 0.6 is 27.7 Å². The molecule has 2 aromatic rings. The lowest BCUT2D eigenvalue weighted by Crippen LogP contribution is -1.96. The van der Waals surface area contributed by atoms with Crippen LogP contribution in [0.2, 0.25) is 0 Å². The summed E-state index contributed by atoms with van der Waals surface area (Å²) in [7, 11) is -3.14. The molecule has 2 rings (SSSR count). The minimum absolute atomic E-state index is 0.330. The van der Waals surface area contributed by atoms with Crippen LogP contribution in [0.5, 0.6) is 0 Å². The first-order valence-electron chi connectivity index (χ1n) is 5.47. The lowest BCUT2D eigenvalue weighted by atomic mass is 10.4. The smallest absolute Gasteiger partial charge is 0.175 e. The van der Waals surface area contributed by atoms with Crippen LogP contribution in [0.15, 0.2) is 55.7 Å². The highest BCUT2D eigenvalue weighted by Gasteiger charge is 2.07. The van der Waals surface area contributed by atoms with Crippen molar-refractivity contribution in [2.45, 2.75) is 21.7 Å². The fraction of sp³-hybridized carbons (Fsp3) is 0.154. The molecule has 0 saturated carbocycles. The summed E-state index contributed by atoms with van der Waals surface area (Å²) < 4.78 is 23.7. The van der Waals surface area contributed by atoms with Gasteiger partial charge in [-0.1, -0.05) is 11.8 Å². The molecular formula is C13H12BrNO2S2. The van der Waals surface area contributed by atoms with E-state index >= 15 is 0 Å². The molecule has 0 radical (unpaired) electrons. The van der Waals surface area contributed by atoms with Crippen LogP contribution < -0.4 is 0 Å². The molecule has 0 fully saturated rings. The van der Waals surface area contributed by atoms with E-state index in [1.807, 2.05) is 19.1 Å². The summed E-state index contributed by atoms with van der Waals surface area (Å²) in [5, 5.41) is 0.882. The van der Waals surface area contributed by atoms with Gasteiger partial charge in [-0.2, -0.15) is 0 Å². The van der Waals surface area contributed by atoms with Crippen LogP contribution in [0.4, 0.5) is 0 Å². The van der Waals surface area contributed by atoms with Crippen molar-refractivity contribution in [3.63, 3.8) is 0 Å². The number of rotatable bonds is 3. The predicted octanol–water partition coefficient (Wildman–Crippen LogP) is 3.71. The molecule has 0 atom stereocenters. The van der Waals surface area contributed by atoms with E-state index in [1.165, 1.54) is 18.0 Å².